The predicted octanol–water partition coefficient (Wildman–Crippen LogP) is 5.28. The number of amides is 2. The number of rotatable bonds is 9. The Balaban J connectivity index is 1.53. The zero-order chi connectivity index (χ0) is 27.2. The van der Waals surface area contributed by atoms with Gasteiger partial charge >= 0.3 is 6.09 Å². The first-order chi connectivity index (χ1) is 18.2. The smallest absolute Gasteiger partial charge is 0.408 e. The number of hydrogen-bond donors (Lipinski definition) is 2. The first kappa shape index (κ1) is 26.6. The third-order valence-corrected chi connectivity index (χ3v) is 6.01. The Hall–Kier alpha value is -4.43. The molecule has 2 N–H and O–H groups in total. The van der Waals surface area contributed by atoms with Gasteiger partial charge in [-0.05, 0) is 35.7 Å². The van der Waals surface area contributed by atoms with E-state index in [0.717, 1.165) is 5.56 Å². The van der Waals surface area contributed by atoms with E-state index in [4.69, 9.17) is 21.1 Å². The van der Waals surface area contributed by atoms with Crippen molar-refractivity contribution in [1.82, 2.24) is 5.32 Å². The minimum atomic E-state index is -1.03. The summed E-state index contributed by atoms with van der Waals surface area (Å²) < 4.78 is 11.1. The second-order valence-corrected chi connectivity index (χ2v) is 9.32. The summed E-state index contributed by atoms with van der Waals surface area (Å²) in [6.45, 7) is 3.49. The Kier molecular flexibility index (Phi) is 8.23. The number of carbonyl (C=O) groups excluding carboxylic acids is 2. The molecule has 0 aliphatic heterocycles. The average Bonchev–Trinajstić information content (AvgIpc) is 2.92. The van der Waals surface area contributed by atoms with Crippen molar-refractivity contribution in [2.75, 3.05) is 5.32 Å². The molecule has 4 aromatic rings. The monoisotopic (exact) mass is 532 g/mol. The minimum absolute atomic E-state index is 0.000100. The van der Waals surface area contributed by atoms with E-state index in [1.54, 1.807) is 62.4 Å². The third kappa shape index (κ3) is 6.10. The fourth-order valence-corrected chi connectivity index (χ4v) is 3.96. The summed E-state index contributed by atoms with van der Waals surface area (Å²) in [5.74, 6) is -0.265. The lowest BCUT2D eigenvalue weighted by molar-refractivity contribution is -0.119. The Morgan fingerprint density at radius 3 is 2.21 bits per heavy atom. The Morgan fingerprint density at radius 1 is 0.895 bits per heavy atom. The molecule has 4 rings (SSSR count). The van der Waals surface area contributed by atoms with E-state index in [-0.39, 0.29) is 29.5 Å². The highest BCUT2D eigenvalue weighted by atomic mass is 35.5. The molecule has 0 saturated heterocycles. The molecule has 0 aliphatic rings. The highest BCUT2D eigenvalue weighted by Gasteiger charge is 2.31. The van der Waals surface area contributed by atoms with Gasteiger partial charge in [0.1, 0.15) is 29.8 Å². The van der Waals surface area contributed by atoms with E-state index in [2.05, 4.69) is 10.6 Å². The van der Waals surface area contributed by atoms with Gasteiger partial charge in [-0.25, -0.2) is 4.79 Å². The second-order valence-electron chi connectivity index (χ2n) is 8.88. The normalized spacial score (nSPS) is 11.7. The van der Waals surface area contributed by atoms with E-state index in [0.29, 0.717) is 16.3 Å². The molecular weight excluding hydrogens is 508 g/mol. The van der Waals surface area contributed by atoms with E-state index in [1.807, 2.05) is 24.3 Å². The molecule has 0 aromatic heterocycles. The van der Waals surface area contributed by atoms with Gasteiger partial charge in [0.2, 0.25) is 11.3 Å². The van der Waals surface area contributed by atoms with E-state index in [9.17, 15) is 19.2 Å². The maximum atomic E-state index is 13.1. The maximum Gasteiger partial charge on any atom is 0.408 e. The molecule has 0 saturated carbocycles. The van der Waals surface area contributed by atoms with Crippen LogP contribution < -0.4 is 26.2 Å². The van der Waals surface area contributed by atoms with Crippen molar-refractivity contribution >= 4 is 29.3 Å². The molecule has 0 fully saturated rings. The first-order valence-electron chi connectivity index (χ1n) is 11.9. The van der Waals surface area contributed by atoms with Crippen molar-refractivity contribution < 1.29 is 19.1 Å². The van der Waals surface area contributed by atoms with Crippen molar-refractivity contribution in [3.63, 3.8) is 0 Å². The summed E-state index contributed by atoms with van der Waals surface area (Å²) in [6, 6.07) is 21.5. The number of ether oxygens (including phenoxy) is 2. The SMILES string of the molecule is CC(C)[C@H](NC(=O)OCc1ccccc1)C(=O)Nc1c(-c2ccc(Cl)cc2Oc2ccccc2)c(=O)c1=O. The lowest BCUT2D eigenvalue weighted by Crippen LogP contribution is -2.49. The summed E-state index contributed by atoms with van der Waals surface area (Å²) in [5, 5.41) is 5.42. The van der Waals surface area contributed by atoms with Crippen molar-refractivity contribution in [1.29, 1.82) is 0 Å². The fraction of sp³-hybridized carbons (Fsp3) is 0.172. The molecule has 0 heterocycles. The number of nitrogens with one attached hydrogen (secondary N) is 2. The first-order valence-corrected chi connectivity index (χ1v) is 12.3. The molecule has 194 valence electrons. The molecule has 9 heteroatoms. The number of halogens is 1. The largest absolute Gasteiger partial charge is 0.457 e. The van der Waals surface area contributed by atoms with Crippen LogP contribution in [0.4, 0.5) is 10.5 Å². The Bertz CT molecular complexity index is 1510. The number of para-hydroxylation sites is 1. The van der Waals surface area contributed by atoms with Crippen LogP contribution >= 0.6 is 11.6 Å². The van der Waals surface area contributed by atoms with E-state index < -0.39 is 28.9 Å². The number of hydrogen-bond acceptors (Lipinski definition) is 6. The van der Waals surface area contributed by atoms with Crippen LogP contribution in [0.3, 0.4) is 0 Å². The van der Waals surface area contributed by atoms with Crippen molar-refractivity contribution in [3.8, 4) is 22.6 Å². The van der Waals surface area contributed by atoms with Crippen molar-refractivity contribution in [2.24, 2.45) is 5.92 Å². The van der Waals surface area contributed by atoms with E-state index in [1.165, 1.54) is 6.07 Å². The lowest BCUT2D eigenvalue weighted by Gasteiger charge is -2.23. The number of anilines is 1. The van der Waals surface area contributed by atoms with Gasteiger partial charge in [0.15, 0.2) is 0 Å². The quantitative estimate of drug-likeness (QED) is 0.284. The fourth-order valence-electron chi connectivity index (χ4n) is 3.80. The molecule has 0 spiro atoms. The third-order valence-electron chi connectivity index (χ3n) is 5.78. The van der Waals surface area contributed by atoms with E-state index >= 15 is 0 Å². The zero-order valence-electron chi connectivity index (χ0n) is 20.7. The Morgan fingerprint density at radius 2 is 1.55 bits per heavy atom. The topological polar surface area (TPSA) is 111 Å². The molecule has 0 aliphatic carbocycles. The molecule has 0 radical (unpaired) electrons. The van der Waals surface area contributed by atoms with Crippen molar-refractivity contribution in [3.05, 3.63) is 110 Å². The van der Waals surface area contributed by atoms with Crippen molar-refractivity contribution in [2.45, 2.75) is 26.5 Å². The molecule has 0 bridgehead atoms. The van der Waals surface area contributed by atoms with Crippen LogP contribution in [0, 0.1) is 5.92 Å². The van der Waals surface area contributed by atoms with Crippen LogP contribution in [0.5, 0.6) is 11.5 Å². The van der Waals surface area contributed by atoms with Gasteiger partial charge in [0.25, 0.3) is 5.43 Å². The van der Waals surface area contributed by atoms with Crippen LogP contribution in [0.2, 0.25) is 5.02 Å². The van der Waals surface area contributed by atoms with Gasteiger partial charge in [-0.2, -0.15) is 0 Å². The zero-order valence-corrected chi connectivity index (χ0v) is 21.5. The summed E-state index contributed by atoms with van der Waals surface area (Å²) in [5.41, 5.74) is -0.696. The van der Waals surface area contributed by atoms with Gasteiger partial charge in [0.05, 0.1) is 5.56 Å². The maximum absolute atomic E-state index is 13.1. The second kappa shape index (κ2) is 11.7. The molecule has 0 unspecified atom stereocenters. The summed E-state index contributed by atoms with van der Waals surface area (Å²) >= 11 is 6.15. The molecule has 4 aromatic carbocycles. The van der Waals surface area contributed by atoms with Gasteiger partial charge in [0, 0.05) is 16.7 Å². The van der Waals surface area contributed by atoms with Gasteiger partial charge in [-0.15, -0.1) is 0 Å². The minimum Gasteiger partial charge on any atom is -0.457 e. The van der Waals surface area contributed by atoms with Gasteiger partial charge < -0.3 is 20.1 Å². The molecule has 38 heavy (non-hydrogen) atoms. The summed E-state index contributed by atoms with van der Waals surface area (Å²) in [7, 11) is 0. The number of benzene rings is 3. The number of alkyl carbamates (subject to hydrolysis) is 1. The molecular formula is C29H25ClN2O6. The summed E-state index contributed by atoms with van der Waals surface area (Å²) in [4.78, 5) is 50.6. The number of carbonyl (C=O) groups is 2. The van der Waals surface area contributed by atoms with Crippen LogP contribution in [0.1, 0.15) is 19.4 Å². The van der Waals surface area contributed by atoms with Crippen LogP contribution in [0.25, 0.3) is 11.1 Å². The highest BCUT2D eigenvalue weighted by molar-refractivity contribution is 6.30. The molecule has 2 amide bonds. The summed E-state index contributed by atoms with van der Waals surface area (Å²) in [6.07, 6.45) is -0.788. The van der Waals surface area contributed by atoms with Crippen LogP contribution in [0.15, 0.2) is 88.5 Å². The predicted molar refractivity (Wildman–Crippen MR) is 145 cm³/mol. The van der Waals surface area contributed by atoms with Crippen LogP contribution in [-0.2, 0) is 16.1 Å². The lowest BCUT2D eigenvalue weighted by atomic mass is 9.96. The van der Waals surface area contributed by atoms with Gasteiger partial charge in [-0.3, -0.25) is 14.4 Å². The highest BCUT2D eigenvalue weighted by Crippen LogP contribution is 2.37. The average molecular weight is 533 g/mol. The van der Waals surface area contributed by atoms with Crippen LogP contribution in [-0.4, -0.2) is 18.0 Å². The Labute approximate surface area is 223 Å². The standard InChI is InChI=1S/C29H25ClN2O6/c1-17(2)24(32-29(36)37-16-18-9-5-3-6-10-18)28(35)31-25-23(26(33)27(25)34)21-14-13-19(30)15-22(21)38-20-11-7-4-8-12-20/h3-15,17,24H,16H2,1-2H3,(H,31,35)(H,32,36)/t24-/m0/s1. The molecule has 8 nitrogen and oxygen atoms in total. The van der Waals surface area contributed by atoms with Gasteiger partial charge in [-0.1, -0.05) is 74.0 Å². The molecule has 1 atom stereocenters.